The Bertz CT molecular complexity index is 859. The third kappa shape index (κ3) is 3.06. The highest BCUT2D eigenvalue weighted by Gasteiger charge is 2.30. The zero-order valence-electron chi connectivity index (χ0n) is 17.3. The van der Waals surface area contributed by atoms with E-state index in [4.69, 9.17) is 9.47 Å². The lowest BCUT2D eigenvalue weighted by Crippen LogP contribution is -2.20. The number of aryl methyl sites for hydroxylation is 2. The Hall–Kier alpha value is -2.00. The summed E-state index contributed by atoms with van der Waals surface area (Å²) in [6.07, 6.45) is 9.86. The second-order valence-corrected chi connectivity index (χ2v) is 9.23. The van der Waals surface area contributed by atoms with Crippen molar-refractivity contribution in [3.63, 3.8) is 0 Å². The zero-order valence-corrected chi connectivity index (χ0v) is 17.3. The minimum atomic E-state index is 0.724. The maximum atomic E-state index is 5.81. The van der Waals surface area contributed by atoms with E-state index in [9.17, 15) is 0 Å². The molecule has 0 fully saturated rings. The van der Waals surface area contributed by atoms with Gasteiger partial charge in [-0.2, -0.15) is 0 Å². The number of nitrogens with one attached hydrogen (secondary N) is 1. The summed E-state index contributed by atoms with van der Waals surface area (Å²) >= 11 is 0. The van der Waals surface area contributed by atoms with Crippen molar-refractivity contribution in [2.75, 3.05) is 26.3 Å². The summed E-state index contributed by atoms with van der Waals surface area (Å²) in [7, 11) is 0. The van der Waals surface area contributed by atoms with Crippen LogP contribution in [-0.4, -0.2) is 26.3 Å². The Kier molecular flexibility index (Phi) is 4.52. The van der Waals surface area contributed by atoms with Crippen LogP contribution in [0.2, 0.25) is 0 Å². The SMILES string of the molecule is c1cc2c(c3c1CC[C@H]3CCNCC[C@@H]1CCc3ccc4c(c31)CCO4)CCO2. The minimum absolute atomic E-state index is 0.724. The molecule has 0 amide bonds. The predicted octanol–water partition coefficient (Wildman–Crippen LogP) is 4.69. The Morgan fingerprint density at radius 3 is 1.72 bits per heavy atom. The Morgan fingerprint density at radius 2 is 1.21 bits per heavy atom. The van der Waals surface area contributed by atoms with E-state index in [0.29, 0.717) is 0 Å². The number of fused-ring (bicyclic) bond motifs is 6. The number of hydrogen-bond donors (Lipinski definition) is 1. The normalized spacial score (nSPS) is 23.3. The third-order valence-corrected chi connectivity index (χ3v) is 7.71. The van der Waals surface area contributed by atoms with Gasteiger partial charge in [-0.15, -0.1) is 0 Å². The van der Waals surface area contributed by atoms with Gasteiger partial charge in [0.2, 0.25) is 0 Å². The van der Waals surface area contributed by atoms with Crippen molar-refractivity contribution in [3.05, 3.63) is 57.6 Å². The van der Waals surface area contributed by atoms with Gasteiger partial charge in [-0.05, 0) is 97.8 Å². The standard InChI is InChI=1S/C26H31NO2/c1-3-19(25-17(1)5-7-23-21(25)11-15-28-23)9-13-27-14-10-20-4-2-18-6-8-24-22(26(18)20)12-16-29-24/h5-8,19-20,27H,1-4,9-16H2/t19-,20-/m0/s1. The molecule has 0 bridgehead atoms. The third-order valence-electron chi connectivity index (χ3n) is 7.71. The number of benzene rings is 2. The van der Waals surface area contributed by atoms with E-state index in [0.717, 1.165) is 62.5 Å². The number of hydrogen-bond acceptors (Lipinski definition) is 3. The fraction of sp³-hybridized carbons (Fsp3) is 0.538. The van der Waals surface area contributed by atoms with Crippen LogP contribution in [0.15, 0.2) is 24.3 Å². The van der Waals surface area contributed by atoms with Gasteiger partial charge >= 0.3 is 0 Å². The molecule has 3 heteroatoms. The Morgan fingerprint density at radius 1 is 0.690 bits per heavy atom. The highest BCUT2D eigenvalue weighted by atomic mass is 16.5. The lowest BCUT2D eigenvalue weighted by molar-refractivity contribution is 0.356. The summed E-state index contributed by atoms with van der Waals surface area (Å²) in [5.41, 5.74) is 9.48. The summed E-state index contributed by atoms with van der Waals surface area (Å²) < 4.78 is 11.6. The van der Waals surface area contributed by atoms with Gasteiger partial charge in [0, 0.05) is 24.0 Å². The molecule has 0 spiro atoms. The molecular formula is C26H31NO2. The number of ether oxygens (including phenoxy) is 2. The second kappa shape index (κ2) is 7.36. The molecule has 2 aliphatic heterocycles. The summed E-state index contributed by atoms with van der Waals surface area (Å²) in [5.74, 6) is 3.75. The van der Waals surface area contributed by atoms with Crippen LogP contribution in [0, 0.1) is 0 Å². The average Bonchev–Trinajstić information content (AvgIpc) is 3.51. The van der Waals surface area contributed by atoms with Crippen LogP contribution < -0.4 is 14.8 Å². The molecule has 2 aromatic carbocycles. The molecule has 2 heterocycles. The van der Waals surface area contributed by atoms with E-state index in [1.165, 1.54) is 49.7 Å². The summed E-state index contributed by atoms with van der Waals surface area (Å²) in [4.78, 5) is 0. The van der Waals surface area contributed by atoms with Gasteiger partial charge in [0.1, 0.15) is 11.5 Å². The monoisotopic (exact) mass is 389 g/mol. The highest BCUT2D eigenvalue weighted by molar-refractivity contribution is 5.52. The van der Waals surface area contributed by atoms with E-state index in [-0.39, 0.29) is 0 Å². The fourth-order valence-corrected chi connectivity index (χ4v) is 6.35. The first-order valence-electron chi connectivity index (χ1n) is 11.6. The smallest absolute Gasteiger partial charge is 0.122 e. The van der Waals surface area contributed by atoms with Crippen LogP contribution in [0.25, 0.3) is 0 Å². The van der Waals surface area contributed by atoms with Crippen molar-refractivity contribution in [2.45, 2.75) is 63.2 Å². The van der Waals surface area contributed by atoms with Crippen LogP contribution in [0.4, 0.5) is 0 Å². The Labute approximate surface area is 173 Å². The van der Waals surface area contributed by atoms with Crippen molar-refractivity contribution in [1.29, 1.82) is 0 Å². The minimum Gasteiger partial charge on any atom is -0.493 e. The second-order valence-electron chi connectivity index (χ2n) is 9.23. The molecule has 1 N–H and O–H groups in total. The van der Waals surface area contributed by atoms with E-state index >= 15 is 0 Å². The molecular weight excluding hydrogens is 358 g/mol. The quantitative estimate of drug-likeness (QED) is 0.728. The molecule has 0 saturated heterocycles. The lowest BCUT2D eigenvalue weighted by atomic mass is 9.91. The molecule has 0 saturated carbocycles. The molecule has 2 atom stereocenters. The molecule has 29 heavy (non-hydrogen) atoms. The zero-order chi connectivity index (χ0) is 19.2. The maximum Gasteiger partial charge on any atom is 0.122 e. The molecule has 6 rings (SSSR count). The van der Waals surface area contributed by atoms with Crippen molar-refractivity contribution >= 4 is 0 Å². The molecule has 152 valence electrons. The van der Waals surface area contributed by atoms with Crippen LogP contribution in [-0.2, 0) is 25.7 Å². The maximum absolute atomic E-state index is 5.81. The van der Waals surface area contributed by atoms with Crippen LogP contribution >= 0.6 is 0 Å². The van der Waals surface area contributed by atoms with Crippen molar-refractivity contribution in [1.82, 2.24) is 5.32 Å². The molecule has 0 aromatic heterocycles. The highest BCUT2D eigenvalue weighted by Crippen LogP contribution is 2.44. The van der Waals surface area contributed by atoms with Gasteiger partial charge in [-0.25, -0.2) is 0 Å². The first-order valence-corrected chi connectivity index (χ1v) is 11.6. The van der Waals surface area contributed by atoms with Crippen LogP contribution in [0.5, 0.6) is 11.5 Å². The molecule has 2 aromatic rings. The van der Waals surface area contributed by atoms with Gasteiger partial charge in [0.25, 0.3) is 0 Å². The fourth-order valence-electron chi connectivity index (χ4n) is 6.35. The van der Waals surface area contributed by atoms with Gasteiger partial charge in [0.05, 0.1) is 13.2 Å². The van der Waals surface area contributed by atoms with Crippen molar-refractivity contribution in [2.24, 2.45) is 0 Å². The van der Waals surface area contributed by atoms with Gasteiger partial charge in [-0.1, -0.05) is 12.1 Å². The van der Waals surface area contributed by atoms with Crippen LogP contribution in [0.3, 0.4) is 0 Å². The van der Waals surface area contributed by atoms with Gasteiger partial charge < -0.3 is 14.8 Å². The lowest BCUT2D eigenvalue weighted by Gasteiger charge is -2.17. The van der Waals surface area contributed by atoms with E-state index in [1.54, 1.807) is 22.3 Å². The summed E-state index contributed by atoms with van der Waals surface area (Å²) in [6, 6.07) is 9.02. The predicted molar refractivity (Wildman–Crippen MR) is 116 cm³/mol. The molecule has 3 nitrogen and oxygen atoms in total. The van der Waals surface area contributed by atoms with Crippen molar-refractivity contribution < 1.29 is 9.47 Å². The summed E-state index contributed by atoms with van der Waals surface area (Å²) in [5, 5.41) is 3.77. The van der Waals surface area contributed by atoms with Crippen molar-refractivity contribution in [3.8, 4) is 11.5 Å². The molecule has 2 aliphatic carbocycles. The van der Waals surface area contributed by atoms with E-state index in [2.05, 4.69) is 29.6 Å². The topological polar surface area (TPSA) is 30.5 Å². The molecule has 0 unspecified atom stereocenters. The number of rotatable bonds is 6. The van der Waals surface area contributed by atoms with E-state index in [1.807, 2.05) is 0 Å². The summed E-state index contributed by atoms with van der Waals surface area (Å²) in [6.45, 7) is 4.00. The first-order chi connectivity index (χ1) is 14.4. The largest absolute Gasteiger partial charge is 0.493 e. The first kappa shape index (κ1) is 17.8. The van der Waals surface area contributed by atoms with E-state index < -0.39 is 0 Å². The average molecular weight is 390 g/mol. The molecule has 0 radical (unpaired) electrons. The Balaban J connectivity index is 1.04. The van der Waals surface area contributed by atoms with Crippen LogP contribution in [0.1, 0.15) is 70.9 Å². The van der Waals surface area contributed by atoms with Gasteiger partial charge in [0.15, 0.2) is 0 Å². The molecule has 4 aliphatic rings. The van der Waals surface area contributed by atoms with Gasteiger partial charge in [-0.3, -0.25) is 0 Å².